The van der Waals surface area contributed by atoms with Crippen molar-refractivity contribution in [2.45, 2.75) is 38.5 Å². The molecule has 1 amide bonds. The Kier molecular flexibility index (Phi) is 6.86. The minimum atomic E-state index is -1.00. The molecule has 4 aromatic rings. The third-order valence-electron chi connectivity index (χ3n) is 7.30. The van der Waals surface area contributed by atoms with Crippen molar-refractivity contribution in [3.8, 4) is 11.1 Å². The highest BCUT2D eigenvalue weighted by Crippen LogP contribution is 2.41. The molecule has 3 aromatic carbocycles. The Hall–Kier alpha value is -4.26. The van der Waals surface area contributed by atoms with E-state index in [0.29, 0.717) is 12.1 Å². The predicted molar refractivity (Wildman–Crippen MR) is 145 cm³/mol. The first-order chi connectivity index (χ1) is 17.9. The number of anilines is 1. The van der Waals surface area contributed by atoms with Crippen LogP contribution in [0.4, 0.5) is 5.69 Å². The minimum Gasteiger partial charge on any atom is -0.478 e. The van der Waals surface area contributed by atoms with Gasteiger partial charge in [0.2, 0.25) is 5.91 Å². The Bertz CT molecular complexity index is 1460. The van der Waals surface area contributed by atoms with Crippen molar-refractivity contribution in [1.82, 2.24) is 15.0 Å². The van der Waals surface area contributed by atoms with E-state index in [1.165, 1.54) is 6.08 Å². The summed E-state index contributed by atoms with van der Waals surface area (Å²) in [6.45, 7) is 0. The molecule has 5 rings (SSSR count). The number of carbonyl (C=O) groups is 2. The van der Waals surface area contributed by atoms with Gasteiger partial charge >= 0.3 is 5.97 Å². The molecule has 0 saturated heterocycles. The Balaban J connectivity index is 1.34. The molecule has 0 spiro atoms. The van der Waals surface area contributed by atoms with E-state index in [4.69, 9.17) is 5.11 Å². The highest BCUT2D eigenvalue weighted by atomic mass is 16.4. The second-order valence-corrected chi connectivity index (χ2v) is 9.88. The zero-order chi connectivity index (χ0) is 25.8. The lowest BCUT2D eigenvalue weighted by atomic mass is 9.69. The number of rotatable bonds is 7. The van der Waals surface area contributed by atoms with Gasteiger partial charge < -0.3 is 10.4 Å². The second kappa shape index (κ2) is 10.4. The molecule has 0 atom stereocenters. The van der Waals surface area contributed by atoms with Crippen LogP contribution < -0.4 is 5.32 Å². The predicted octanol–water partition coefficient (Wildman–Crippen LogP) is 5.86. The number of aryl methyl sites for hydroxylation is 1. The summed E-state index contributed by atoms with van der Waals surface area (Å²) < 4.78 is 1.76. The number of aromatic nitrogens is 3. The molecule has 0 radical (unpaired) electrons. The van der Waals surface area contributed by atoms with Crippen LogP contribution in [0.3, 0.4) is 0 Å². The van der Waals surface area contributed by atoms with Crippen LogP contribution in [-0.4, -0.2) is 32.0 Å². The van der Waals surface area contributed by atoms with Crippen molar-refractivity contribution in [2.24, 2.45) is 12.5 Å². The number of hydrogen-bond donors (Lipinski definition) is 2. The van der Waals surface area contributed by atoms with Gasteiger partial charge in [-0.2, -0.15) is 0 Å². The number of nitrogens with one attached hydrogen (secondary N) is 1. The summed E-state index contributed by atoms with van der Waals surface area (Å²) in [7, 11) is 1.88. The first kappa shape index (κ1) is 24.4. The van der Waals surface area contributed by atoms with E-state index in [1.54, 1.807) is 10.7 Å². The lowest BCUT2D eigenvalue weighted by Gasteiger charge is -2.36. The number of benzene rings is 3. The largest absolute Gasteiger partial charge is 0.478 e. The normalized spacial score (nSPS) is 15.2. The minimum absolute atomic E-state index is 0.0312. The van der Waals surface area contributed by atoms with Crippen molar-refractivity contribution < 1.29 is 14.7 Å². The summed E-state index contributed by atoms with van der Waals surface area (Å²) in [4.78, 5) is 24.5. The van der Waals surface area contributed by atoms with Gasteiger partial charge in [0.1, 0.15) is 5.52 Å². The van der Waals surface area contributed by atoms with Gasteiger partial charge in [0.25, 0.3) is 0 Å². The van der Waals surface area contributed by atoms with Crippen molar-refractivity contribution in [2.75, 3.05) is 5.32 Å². The van der Waals surface area contributed by atoms with Gasteiger partial charge in [-0.25, -0.2) is 9.48 Å². The molecule has 0 aliphatic heterocycles. The van der Waals surface area contributed by atoms with Crippen molar-refractivity contribution >= 4 is 34.7 Å². The van der Waals surface area contributed by atoms with Crippen LogP contribution in [0.25, 0.3) is 28.2 Å². The van der Waals surface area contributed by atoms with Gasteiger partial charge in [-0.05, 0) is 71.9 Å². The van der Waals surface area contributed by atoms with Crippen LogP contribution in [-0.2, 0) is 23.1 Å². The summed E-state index contributed by atoms with van der Waals surface area (Å²) in [5.41, 5.74) is 6.13. The number of hydrogen-bond acceptors (Lipinski definition) is 4. The zero-order valence-electron chi connectivity index (χ0n) is 20.9. The maximum Gasteiger partial charge on any atom is 0.328 e. The number of nitrogens with zero attached hydrogens (tertiary/aromatic N) is 3. The van der Waals surface area contributed by atoms with Crippen LogP contribution in [0.2, 0.25) is 0 Å². The Labute approximate surface area is 215 Å². The van der Waals surface area contributed by atoms with Crippen molar-refractivity contribution in [1.29, 1.82) is 0 Å². The molecular formula is C30H30N4O3. The lowest BCUT2D eigenvalue weighted by molar-refractivity contribution is -0.131. The third-order valence-corrected chi connectivity index (χ3v) is 7.30. The zero-order valence-corrected chi connectivity index (χ0v) is 20.9. The fourth-order valence-corrected chi connectivity index (χ4v) is 5.29. The molecule has 1 saturated carbocycles. The molecule has 188 valence electrons. The quantitative estimate of drug-likeness (QED) is 0.314. The number of carboxylic acids is 1. The van der Waals surface area contributed by atoms with Gasteiger partial charge in [-0.1, -0.05) is 66.9 Å². The van der Waals surface area contributed by atoms with Crippen LogP contribution in [0, 0.1) is 5.41 Å². The number of fused-ring (bicyclic) bond motifs is 1. The average Bonchev–Trinajstić information content (AvgIpc) is 3.28. The molecule has 1 aromatic heterocycles. The number of carboxylic acid groups (broad SMARTS) is 1. The van der Waals surface area contributed by atoms with Gasteiger partial charge in [-0.15, -0.1) is 5.10 Å². The van der Waals surface area contributed by atoms with Gasteiger partial charge in [-0.3, -0.25) is 4.79 Å². The standard InChI is InChI=1S/C30H30N4O3/c1-34-27-14-13-24(19-26(27)32-33-34)23-11-8-22(9-12-23)20-30(16-3-2-4-17-30)29(37)31-25-7-5-6-21(18-25)10-15-28(35)36/h5-15,18-19H,2-4,16-17,20H2,1H3,(H,31,37)(H,35,36)/b15-10+. The van der Waals surface area contributed by atoms with Crippen LogP contribution >= 0.6 is 0 Å². The fourth-order valence-electron chi connectivity index (χ4n) is 5.29. The summed E-state index contributed by atoms with van der Waals surface area (Å²) in [5, 5.41) is 20.3. The van der Waals surface area contributed by atoms with E-state index < -0.39 is 11.4 Å². The molecule has 0 bridgehead atoms. The number of carbonyl (C=O) groups excluding carboxylic acids is 1. The molecule has 1 fully saturated rings. The molecule has 7 heteroatoms. The van der Waals surface area contributed by atoms with Gasteiger partial charge in [0.05, 0.1) is 10.9 Å². The van der Waals surface area contributed by atoms with E-state index >= 15 is 0 Å². The number of amides is 1. The highest BCUT2D eigenvalue weighted by molar-refractivity contribution is 5.96. The lowest BCUT2D eigenvalue weighted by Crippen LogP contribution is -2.40. The Morgan fingerprint density at radius 3 is 2.51 bits per heavy atom. The van der Waals surface area contributed by atoms with E-state index in [9.17, 15) is 9.59 Å². The van der Waals surface area contributed by atoms with Crippen LogP contribution in [0.5, 0.6) is 0 Å². The van der Waals surface area contributed by atoms with Gasteiger partial charge in [0.15, 0.2) is 0 Å². The molecule has 1 aliphatic carbocycles. The van der Waals surface area contributed by atoms with E-state index in [2.05, 4.69) is 46.0 Å². The SMILES string of the molecule is Cn1nnc2cc(-c3ccc(CC4(C(=O)Nc5cccc(/C=C/C(=O)O)c5)CCCCC4)cc3)ccc21. The highest BCUT2D eigenvalue weighted by Gasteiger charge is 2.39. The Morgan fingerprint density at radius 2 is 1.76 bits per heavy atom. The van der Waals surface area contributed by atoms with Crippen molar-refractivity contribution in [3.05, 3.63) is 83.9 Å². The van der Waals surface area contributed by atoms with E-state index in [0.717, 1.165) is 71.5 Å². The topological polar surface area (TPSA) is 97.1 Å². The van der Waals surface area contributed by atoms with E-state index in [-0.39, 0.29) is 5.91 Å². The summed E-state index contributed by atoms with van der Waals surface area (Å²) >= 11 is 0. The van der Waals surface area contributed by atoms with Gasteiger partial charge in [0, 0.05) is 18.8 Å². The maximum atomic E-state index is 13.6. The second-order valence-electron chi connectivity index (χ2n) is 9.88. The fraction of sp³-hybridized carbons (Fsp3) is 0.267. The summed E-state index contributed by atoms with van der Waals surface area (Å²) in [5.74, 6) is -0.973. The molecule has 1 aliphatic rings. The molecular weight excluding hydrogens is 464 g/mol. The van der Waals surface area contributed by atoms with E-state index in [1.807, 2.05) is 37.4 Å². The monoisotopic (exact) mass is 494 g/mol. The maximum absolute atomic E-state index is 13.6. The first-order valence-corrected chi connectivity index (χ1v) is 12.6. The smallest absolute Gasteiger partial charge is 0.328 e. The van der Waals surface area contributed by atoms with Crippen molar-refractivity contribution in [3.63, 3.8) is 0 Å². The average molecular weight is 495 g/mol. The molecule has 37 heavy (non-hydrogen) atoms. The third kappa shape index (κ3) is 5.45. The molecule has 1 heterocycles. The molecule has 0 unspecified atom stereocenters. The Morgan fingerprint density at radius 1 is 1.00 bits per heavy atom. The van der Waals surface area contributed by atoms with Crippen LogP contribution in [0.15, 0.2) is 72.8 Å². The molecule has 7 nitrogen and oxygen atoms in total. The summed E-state index contributed by atoms with van der Waals surface area (Å²) in [6.07, 6.45) is 8.22. The number of aliphatic carboxylic acids is 1. The molecule has 2 N–H and O–H groups in total. The first-order valence-electron chi connectivity index (χ1n) is 12.6. The summed E-state index contributed by atoms with van der Waals surface area (Å²) in [6, 6.07) is 21.9. The van der Waals surface area contributed by atoms with Crippen LogP contribution in [0.1, 0.15) is 43.2 Å².